The van der Waals surface area contributed by atoms with E-state index in [4.69, 9.17) is 17.3 Å². The highest BCUT2D eigenvalue weighted by molar-refractivity contribution is 7.09. The molecule has 1 atom stereocenters. The lowest BCUT2D eigenvalue weighted by Crippen LogP contribution is -2.36. The highest BCUT2D eigenvalue weighted by Crippen LogP contribution is 2.35. The van der Waals surface area contributed by atoms with E-state index in [0.717, 1.165) is 23.0 Å². The number of nitrogens with zero attached hydrogens (tertiary/aromatic N) is 7. The fourth-order valence-corrected chi connectivity index (χ4v) is 5.63. The van der Waals surface area contributed by atoms with Gasteiger partial charge in [-0.1, -0.05) is 22.9 Å². The minimum absolute atomic E-state index is 0.00280. The van der Waals surface area contributed by atoms with Gasteiger partial charge in [0.2, 0.25) is 5.69 Å². The zero-order valence-corrected chi connectivity index (χ0v) is 24.6. The van der Waals surface area contributed by atoms with Gasteiger partial charge in [-0.2, -0.15) is 23.0 Å². The minimum Gasteiger partial charge on any atom is -0.618 e. The van der Waals surface area contributed by atoms with Crippen LogP contribution in [0.15, 0.2) is 78.8 Å². The molecule has 10 nitrogen and oxygen atoms in total. The Bertz CT molecular complexity index is 2080. The van der Waals surface area contributed by atoms with E-state index in [9.17, 15) is 27.6 Å². The van der Waals surface area contributed by atoms with E-state index in [1.54, 1.807) is 17.8 Å². The van der Waals surface area contributed by atoms with Crippen molar-refractivity contribution in [3.8, 4) is 27.9 Å². The second-order valence-corrected chi connectivity index (χ2v) is 11.3. The number of hydrogen-bond acceptors (Lipinski definition) is 7. The Morgan fingerprint density at radius 3 is 2.52 bits per heavy atom. The smallest absolute Gasteiger partial charge is 0.436 e. The van der Waals surface area contributed by atoms with Crippen molar-refractivity contribution in [2.24, 2.45) is 5.73 Å². The van der Waals surface area contributed by atoms with Crippen LogP contribution in [0.1, 0.15) is 32.8 Å². The third-order valence-corrected chi connectivity index (χ3v) is 8.11. The zero-order chi connectivity index (χ0) is 32.7. The van der Waals surface area contributed by atoms with Crippen LogP contribution in [0.2, 0.25) is 5.02 Å². The van der Waals surface area contributed by atoms with E-state index in [2.05, 4.69) is 20.4 Å². The molecule has 4 heterocycles. The summed E-state index contributed by atoms with van der Waals surface area (Å²) in [6.07, 6.45) is 1.72. The Morgan fingerprint density at radius 2 is 1.87 bits per heavy atom. The van der Waals surface area contributed by atoms with Gasteiger partial charge in [-0.05, 0) is 35.9 Å². The van der Waals surface area contributed by atoms with Crippen molar-refractivity contribution in [3.63, 3.8) is 0 Å². The molecule has 6 aromatic rings. The number of aromatic nitrogens is 7. The number of amides is 1. The summed E-state index contributed by atoms with van der Waals surface area (Å²) in [5, 5.41) is 26.7. The lowest BCUT2D eigenvalue weighted by molar-refractivity contribution is -0.615. The van der Waals surface area contributed by atoms with Gasteiger partial charge >= 0.3 is 6.18 Å². The van der Waals surface area contributed by atoms with Crippen LogP contribution in [0.25, 0.3) is 27.9 Å². The maximum absolute atomic E-state index is 15.4. The third-order valence-electron chi connectivity index (χ3n) is 7.02. The van der Waals surface area contributed by atoms with Gasteiger partial charge in [-0.25, -0.2) is 18.4 Å². The van der Waals surface area contributed by atoms with Crippen LogP contribution in [0, 0.1) is 16.8 Å². The summed E-state index contributed by atoms with van der Waals surface area (Å²) in [6.45, 7) is 0. The Hall–Kier alpha value is -5.22. The predicted octanol–water partition coefficient (Wildman–Crippen LogP) is 5.77. The molecule has 1 amide bonds. The number of halogens is 6. The molecule has 0 aliphatic carbocycles. The average Bonchev–Trinajstić information content (AvgIpc) is 3.79. The molecule has 6 rings (SSSR count). The number of thiazole rings is 1. The molecular formula is C29H18ClF5N8O2S. The summed E-state index contributed by atoms with van der Waals surface area (Å²) in [7, 11) is 0. The van der Waals surface area contributed by atoms with Crippen molar-refractivity contribution in [1.82, 2.24) is 29.8 Å². The van der Waals surface area contributed by atoms with Crippen LogP contribution >= 0.6 is 22.9 Å². The molecule has 0 unspecified atom stereocenters. The molecule has 0 saturated heterocycles. The van der Waals surface area contributed by atoms with Crippen molar-refractivity contribution in [3.05, 3.63) is 123 Å². The normalized spacial score (nSPS) is 12.4. The molecule has 0 aliphatic heterocycles. The molecule has 2 N–H and O–H groups in total. The van der Waals surface area contributed by atoms with Gasteiger partial charge in [-0.3, -0.25) is 9.48 Å². The van der Waals surface area contributed by atoms with Crippen LogP contribution in [0.5, 0.6) is 0 Å². The third kappa shape index (κ3) is 5.91. The number of benzene rings is 2. The van der Waals surface area contributed by atoms with E-state index in [-0.39, 0.29) is 39.5 Å². The molecule has 0 bridgehead atoms. The molecule has 46 heavy (non-hydrogen) atoms. The Balaban J connectivity index is 1.41. The number of pyridine rings is 1. The molecule has 0 spiro atoms. The van der Waals surface area contributed by atoms with Crippen LogP contribution in [-0.2, 0) is 12.6 Å². The van der Waals surface area contributed by atoms with E-state index < -0.39 is 35.5 Å². The minimum atomic E-state index is -4.79. The van der Waals surface area contributed by atoms with Crippen LogP contribution < -0.4 is 10.5 Å². The van der Waals surface area contributed by atoms with Gasteiger partial charge in [0.25, 0.3) is 5.91 Å². The molecular weight excluding hydrogens is 655 g/mol. The first kappa shape index (κ1) is 30.8. The molecule has 234 valence electrons. The van der Waals surface area contributed by atoms with Crippen molar-refractivity contribution < 1.29 is 31.5 Å². The first-order chi connectivity index (χ1) is 21.9. The topological polar surface area (TPSA) is 131 Å². The van der Waals surface area contributed by atoms with Crippen molar-refractivity contribution in [1.29, 1.82) is 0 Å². The standard InChI is InChI=1S/C29H18ClF5N8O2S/c30-19-4-6-22(42-14-24(39-40-42)29(33,34)35)26(27(19)32)16-2-5-21(43(45)13-16)23(10-25-37-7-8-46-25)41-12-17(11-38-41)15-1-3-18(28(36)44)20(31)9-15/h1-9,11-14,23H,10H2,(H2,36,44)/t23-/m0/s1. The lowest BCUT2D eigenvalue weighted by atomic mass is 10.0. The van der Waals surface area contributed by atoms with Gasteiger partial charge in [-0.15, -0.1) is 16.4 Å². The van der Waals surface area contributed by atoms with E-state index >= 15 is 4.39 Å². The highest BCUT2D eigenvalue weighted by atomic mass is 35.5. The first-order valence-corrected chi connectivity index (χ1v) is 14.4. The Kier molecular flexibility index (Phi) is 7.99. The average molecular weight is 673 g/mol. The summed E-state index contributed by atoms with van der Waals surface area (Å²) < 4.78 is 72.2. The van der Waals surface area contributed by atoms with Crippen molar-refractivity contribution >= 4 is 28.8 Å². The second kappa shape index (κ2) is 11.9. The van der Waals surface area contributed by atoms with Crippen molar-refractivity contribution in [2.75, 3.05) is 0 Å². The molecule has 0 saturated carbocycles. The zero-order valence-electron chi connectivity index (χ0n) is 23.0. The highest BCUT2D eigenvalue weighted by Gasteiger charge is 2.35. The summed E-state index contributed by atoms with van der Waals surface area (Å²) in [6, 6.07) is 8.40. The quantitative estimate of drug-likeness (QED) is 0.124. The van der Waals surface area contributed by atoms with Gasteiger partial charge in [0.15, 0.2) is 17.7 Å². The summed E-state index contributed by atoms with van der Waals surface area (Å²) >= 11 is 7.37. The monoisotopic (exact) mass is 672 g/mol. The number of nitrogens with two attached hydrogens (primary N) is 1. The fraction of sp³-hybridized carbons (Fsp3) is 0.103. The SMILES string of the molecule is NC(=O)c1ccc(-c2cnn([C@@H](Cc3nccs3)c3ccc(-c4c(-n5cc(C(F)(F)F)nn5)ccc(Cl)c4F)c[n+]3[O-])c2)cc1F. The number of rotatable bonds is 8. The largest absolute Gasteiger partial charge is 0.618 e. The van der Waals surface area contributed by atoms with Crippen LogP contribution in [-0.4, -0.2) is 35.7 Å². The molecule has 2 aromatic carbocycles. The first-order valence-electron chi connectivity index (χ1n) is 13.1. The Labute approximate surface area is 264 Å². The maximum atomic E-state index is 15.4. The van der Waals surface area contributed by atoms with Gasteiger partial charge in [0, 0.05) is 35.8 Å². The van der Waals surface area contributed by atoms with Gasteiger partial charge in [0.05, 0.1) is 44.8 Å². The number of primary amides is 1. The predicted molar refractivity (Wildman–Crippen MR) is 156 cm³/mol. The lowest BCUT2D eigenvalue weighted by Gasteiger charge is -2.18. The van der Waals surface area contributed by atoms with Crippen LogP contribution in [0.3, 0.4) is 0 Å². The Morgan fingerprint density at radius 1 is 1.09 bits per heavy atom. The number of alkyl halides is 3. The van der Waals surface area contributed by atoms with E-state index in [1.807, 2.05) is 0 Å². The van der Waals surface area contributed by atoms with E-state index in [0.29, 0.717) is 27.1 Å². The van der Waals surface area contributed by atoms with Gasteiger partial charge in [0.1, 0.15) is 11.9 Å². The molecule has 4 aromatic heterocycles. The molecule has 17 heteroatoms. The molecule has 0 radical (unpaired) electrons. The van der Waals surface area contributed by atoms with Crippen molar-refractivity contribution in [2.45, 2.75) is 18.6 Å². The number of hydrogen-bond donors (Lipinski definition) is 1. The fourth-order valence-electron chi connectivity index (χ4n) is 4.82. The molecule has 0 fully saturated rings. The summed E-state index contributed by atoms with van der Waals surface area (Å²) in [4.78, 5) is 15.7. The van der Waals surface area contributed by atoms with Gasteiger partial charge < -0.3 is 10.9 Å². The van der Waals surface area contributed by atoms with E-state index in [1.165, 1.54) is 52.5 Å². The maximum Gasteiger partial charge on any atom is 0.436 e. The van der Waals surface area contributed by atoms with Crippen LogP contribution in [0.4, 0.5) is 22.0 Å². The molecule has 0 aliphatic rings. The summed E-state index contributed by atoms with van der Waals surface area (Å²) in [5.74, 6) is -2.70. The number of carbonyl (C=O) groups is 1. The summed E-state index contributed by atoms with van der Waals surface area (Å²) in [5.41, 5.74) is 4.26. The number of carbonyl (C=O) groups excluding carboxylic acids is 1. The second-order valence-electron chi connectivity index (χ2n) is 9.88.